The third kappa shape index (κ3) is 3.84. The van der Waals surface area contributed by atoms with Crippen molar-refractivity contribution >= 4 is 11.9 Å². The third-order valence-electron chi connectivity index (χ3n) is 2.32. The van der Waals surface area contributed by atoms with Gasteiger partial charge in [-0.2, -0.15) is 0 Å². The SMILES string of the molecule is CCOC(=O)[C@H](C)NC(=O)C(F)c1ccccc1. The Morgan fingerprint density at radius 3 is 2.50 bits per heavy atom. The van der Waals surface area contributed by atoms with Crippen LogP contribution in [-0.2, 0) is 14.3 Å². The number of ether oxygens (including phenoxy) is 1. The van der Waals surface area contributed by atoms with Crippen molar-refractivity contribution in [2.24, 2.45) is 0 Å². The number of hydrogen-bond acceptors (Lipinski definition) is 3. The van der Waals surface area contributed by atoms with Gasteiger partial charge in [0.25, 0.3) is 5.91 Å². The van der Waals surface area contributed by atoms with Crippen molar-refractivity contribution < 1.29 is 18.7 Å². The van der Waals surface area contributed by atoms with Gasteiger partial charge in [-0.1, -0.05) is 30.3 Å². The first-order chi connectivity index (χ1) is 8.56. The molecule has 1 amide bonds. The van der Waals surface area contributed by atoms with E-state index in [1.807, 2.05) is 0 Å². The van der Waals surface area contributed by atoms with Crippen molar-refractivity contribution in [1.82, 2.24) is 5.32 Å². The van der Waals surface area contributed by atoms with Crippen molar-refractivity contribution in [2.45, 2.75) is 26.1 Å². The van der Waals surface area contributed by atoms with Gasteiger partial charge in [-0.15, -0.1) is 0 Å². The fraction of sp³-hybridized carbons (Fsp3) is 0.385. The molecule has 98 valence electrons. The van der Waals surface area contributed by atoms with E-state index in [0.717, 1.165) is 0 Å². The first-order valence-corrected chi connectivity index (χ1v) is 5.72. The lowest BCUT2D eigenvalue weighted by atomic mass is 10.1. The zero-order chi connectivity index (χ0) is 13.5. The number of alkyl halides is 1. The summed E-state index contributed by atoms with van der Waals surface area (Å²) >= 11 is 0. The zero-order valence-electron chi connectivity index (χ0n) is 10.4. The van der Waals surface area contributed by atoms with Crippen molar-refractivity contribution in [2.75, 3.05) is 6.61 Å². The normalized spacial score (nSPS) is 13.5. The lowest BCUT2D eigenvalue weighted by molar-refractivity contribution is -0.147. The molecule has 0 spiro atoms. The number of esters is 1. The fourth-order valence-electron chi connectivity index (χ4n) is 1.39. The molecule has 0 aromatic heterocycles. The topological polar surface area (TPSA) is 55.4 Å². The molecule has 1 aromatic carbocycles. The van der Waals surface area contributed by atoms with Crippen LogP contribution in [0, 0.1) is 0 Å². The summed E-state index contributed by atoms with van der Waals surface area (Å²) in [6, 6.07) is 7.18. The molecule has 0 saturated carbocycles. The molecule has 4 nitrogen and oxygen atoms in total. The Morgan fingerprint density at radius 1 is 1.33 bits per heavy atom. The molecule has 0 aliphatic heterocycles. The van der Waals surface area contributed by atoms with Crippen LogP contribution >= 0.6 is 0 Å². The molecule has 0 radical (unpaired) electrons. The summed E-state index contributed by atoms with van der Waals surface area (Å²) < 4.78 is 18.5. The quantitative estimate of drug-likeness (QED) is 0.813. The fourth-order valence-corrected chi connectivity index (χ4v) is 1.39. The van der Waals surface area contributed by atoms with Gasteiger partial charge in [0, 0.05) is 0 Å². The summed E-state index contributed by atoms with van der Waals surface area (Å²) in [7, 11) is 0. The van der Waals surface area contributed by atoms with Crippen LogP contribution in [0.25, 0.3) is 0 Å². The second-order valence-corrected chi connectivity index (χ2v) is 3.76. The molecular formula is C13H16FNO3. The maximum atomic E-state index is 13.8. The predicted octanol–water partition coefficient (Wildman–Crippen LogP) is 1.77. The molecule has 1 unspecified atom stereocenters. The Balaban J connectivity index is 2.58. The number of carbonyl (C=O) groups excluding carboxylic acids is 2. The number of rotatable bonds is 5. The van der Waals surface area contributed by atoms with Gasteiger partial charge in [0.05, 0.1) is 6.61 Å². The van der Waals surface area contributed by atoms with Gasteiger partial charge in [0.15, 0.2) is 0 Å². The minimum Gasteiger partial charge on any atom is -0.464 e. The van der Waals surface area contributed by atoms with Crippen molar-refractivity contribution in [3.05, 3.63) is 35.9 Å². The summed E-state index contributed by atoms with van der Waals surface area (Å²) in [6.07, 6.45) is -1.79. The molecule has 0 fully saturated rings. The molecule has 18 heavy (non-hydrogen) atoms. The van der Waals surface area contributed by atoms with Crippen molar-refractivity contribution in [3.63, 3.8) is 0 Å². The highest BCUT2D eigenvalue weighted by Gasteiger charge is 2.24. The summed E-state index contributed by atoms with van der Waals surface area (Å²) in [4.78, 5) is 22.8. The van der Waals surface area contributed by atoms with Crippen LogP contribution in [0.4, 0.5) is 4.39 Å². The Kier molecular flexibility index (Phi) is 5.30. The molecule has 0 aliphatic carbocycles. The lowest BCUT2D eigenvalue weighted by Crippen LogP contribution is -2.41. The average molecular weight is 253 g/mol. The maximum absolute atomic E-state index is 13.8. The summed E-state index contributed by atoms with van der Waals surface area (Å²) in [5.41, 5.74) is 0.256. The van der Waals surface area contributed by atoms with Crippen molar-refractivity contribution in [1.29, 1.82) is 0 Å². The summed E-state index contributed by atoms with van der Waals surface area (Å²) in [6.45, 7) is 3.33. The van der Waals surface area contributed by atoms with E-state index in [4.69, 9.17) is 4.74 Å². The van der Waals surface area contributed by atoms with Crippen LogP contribution in [0.2, 0.25) is 0 Å². The van der Waals surface area contributed by atoms with E-state index >= 15 is 0 Å². The lowest BCUT2D eigenvalue weighted by Gasteiger charge is -2.14. The number of hydrogen-bond donors (Lipinski definition) is 1. The second-order valence-electron chi connectivity index (χ2n) is 3.76. The minimum absolute atomic E-state index is 0.219. The molecule has 0 saturated heterocycles. The Morgan fingerprint density at radius 2 is 1.94 bits per heavy atom. The van der Waals surface area contributed by atoms with Crippen LogP contribution in [0.3, 0.4) is 0 Å². The zero-order valence-corrected chi connectivity index (χ0v) is 10.4. The largest absolute Gasteiger partial charge is 0.464 e. The molecule has 1 aromatic rings. The standard InChI is InChI=1S/C13H16FNO3/c1-3-18-13(17)9(2)15-12(16)11(14)10-7-5-4-6-8-10/h4-9,11H,3H2,1-2H3,(H,15,16)/t9-,11?/m0/s1. The monoisotopic (exact) mass is 253 g/mol. The van der Waals surface area contributed by atoms with Gasteiger partial charge in [-0.25, -0.2) is 9.18 Å². The number of nitrogens with one attached hydrogen (secondary N) is 1. The smallest absolute Gasteiger partial charge is 0.328 e. The third-order valence-corrected chi connectivity index (χ3v) is 2.32. The van der Waals surface area contributed by atoms with Crippen LogP contribution in [0.5, 0.6) is 0 Å². The first kappa shape index (κ1) is 14.2. The van der Waals surface area contributed by atoms with E-state index in [0.29, 0.717) is 0 Å². The number of carbonyl (C=O) groups is 2. The van der Waals surface area contributed by atoms with E-state index in [1.165, 1.54) is 19.1 Å². The molecule has 0 heterocycles. The van der Waals surface area contributed by atoms with E-state index in [1.54, 1.807) is 25.1 Å². The highest BCUT2D eigenvalue weighted by atomic mass is 19.1. The molecule has 1 rings (SSSR count). The predicted molar refractivity (Wildman–Crippen MR) is 64.5 cm³/mol. The van der Waals surface area contributed by atoms with Gasteiger partial charge in [-0.3, -0.25) is 4.79 Å². The molecule has 0 aliphatic rings. The highest BCUT2D eigenvalue weighted by molar-refractivity contribution is 5.87. The molecule has 1 N–H and O–H groups in total. The van der Waals surface area contributed by atoms with E-state index < -0.39 is 24.1 Å². The maximum Gasteiger partial charge on any atom is 0.328 e. The second kappa shape index (κ2) is 6.74. The number of amides is 1. The van der Waals surface area contributed by atoms with Crippen LogP contribution in [0.1, 0.15) is 25.6 Å². The van der Waals surface area contributed by atoms with Gasteiger partial charge in [0.2, 0.25) is 6.17 Å². The Hall–Kier alpha value is -1.91. The summed E-state index contributed by atoms with van der Waals surface area (Å²) in [5, 5.41) is 2.27. The molecule has 5 heteroatoms. The van der Waals surface area contributed by atoms with Gasteiger partial charge in [-0.05, 0) is 19.4 Å². The van der Waals surface area contributed by atoms with Gasteiger partial charge < -0.3 is 10.1 Å². The highest BCUT2D eigenvalue weighted by Crippen LogP contribution is 2.16. The van der Waals surface area contributed by atoms with E-state index in [2.05, 4.69) is 5.32 Å². The Labute approximate surface area is 105 Å². The molecular weight excluding hydrogens is 237 g/mol. The average Bonchev–Trinajstić information content (AvgIpc) is 2.39. The van der Waals surface area contributed by atoms with E-state index in [9.17, 15) is 14.0 Å². The summed E-state index contributed by atoms with van der Waals surface area (Å²) in [5.74, 6) is -1.42. The number of benzene rings is 1. The van der Waals surface area contributed by atoms with Crippen LogP contribution < -0.4 is 5.32 Å². The van der Waals surface area contributed by atoms with Crippen molar-refractivity contribution in [3.8, 4) is 0 Å². The number of halogens is 1. The first-order valence-electron chi connectivity index (χ1n) is 5.72. The molecule has 0 bridgehead atoms. The Bertz CT molecular complexity index is 408. The molecule has 2 atom stereocenters. The van der Waals surface area contributed by atoms with Gasteiger partial charge in [0.1, 0.15) is 6.04 Å². The minimum atomic E-state index is -1.79. The van der Waals surface area contributed by atoms with Crippen LogP contribution in [-0.4, -0.2) is 24.5 Å². The van der Waals surface area contributed by atoms with E-state index in [-0.39, 0.29) is 12.2 Å². The van der Waals surface area contributed by atoms with Crippen LogP contribution in [0.15, 0.2) is 30.3 Å². The van der Waals surface area contributed by atoms with Gasteiger partial charge >= 0.3 is 5.97 Å².